The van der Waals surface area contributed by atoms with Crippen molar-refractivity contribution < 1.29 is 9.63 Å². The van der Waals surface area contributed by atoms with E-state index >= 15 is 0 Å². The van der Waals surface area contributed by atoms with Gasteiger partial charge in [-0.05, 0) is 38.0 Å². The summed E-state index contributed by atoms with van der Waals surface area (Å²) < 4.78 is 5.02. The van der Waals surface area contributed by atoms with Gasteiger partial charge >= 0.3 is 0 Å². The van der Waals surface area contributed by atoms with Crippen molar-refractivity contribution in [3.8, 4) is 0 Å². The molecule has 2 rings (SSSR count). The molecule has 4 nitrogen and oxygen atoms in total. The maximum Gasteiger partial charge on any atom is 0.255 e. The van der Waals surface area contributed by atoms with Crippen LogP contribution in [0.4, 0.5) is 0 Å². The lowest BCUT2D eigenvalue weighted by Crippen LogP contribution is -2.20. The standard InChI is InChI=1S/C12H20N2O2/c1-8(15)11-13-10(14-16-11)9-4-6-12(2,3)7-5-9/h8-9,15H,4-7H2,1-3H3. The molecular weight excluding hydrogens is 204 g/mol. The van der Waals surface area contributed by atoms with Gasteiger partial charge in [0, 0.05) is 5.92 Å². The van der Waals surface area contributed by atoms with Crippen molar-refractivity contribution >= 4 is 0 Å². The van der Waals surface area contributed by atoms with Gasteiger partial charge in [0.1, 0.15) is 6.10 Å². The van der Waals surface area contributed by atoms with Crippen molar-refractivity contribution in [2.24, 2.45) is 5.41 Å². The largest absolute Gasteiger partial charge is 0.384 e. The fourth-order valence-electron chi connectivity index (χ4n) is 2.24. The highest BCUT2D eigenvalue weighted by Crippen LogP contribution is 2.41. The molecule has 1 unspecified atom stereocenters. The van der Waals surface area contributed by atoms with Gasteiger partial charge in [0.15, 0.2) is 5.82 Å². The molecule has 0 bridgehead atoms. The van der Waals surface area contributed by atoms with Gasteiger partial charge in [-0.25, -0.2) is 0 Å². The molecule has 1 saturated carbocycles. The summed E-state index contributed by atoms with van der Waals surface area (Å²) in [7, 11) is 0. The zero-order valence-electron chi connectivity index (χ0n) is 10.2. The van der Waals surface area contributed by atoms with E-state index < -0.39 is 6.10 Å². The molecule has 16 heavy (non-hydrogen) atoms. The third kappa shape index (κ3) is 2.43. The molecule has 0 aromatic carbocycles. The lowest BCUT2D eigenvalue weighted by molar-refractivity contribution is 0.151. The SMILES string of the molecule is CC(O)c1nc(C2CCC(C)(C)CC2)no1. The molecule has 0 amide bonds. The van der Waals surface area contributed by atoms with Crippen LogP contribution in [0, 0.1) is 5.41 Å². The summed E-state index contributed by atoms with van der Waals surface area (Å²) in [6.45, 7) is 6.25. The topological polar surface area (TPSA) is 59.2 Å². The van der Waals surface area contributed by atoms with Crippen LogP contribution in [-0.4, -0.2) is 15.2 Å². The molecule has 1 aliphatic rings. The van der Waals surface area contributed by atoms with Gasteiger partial charge in [0.25, 0.3) is 5.89 Å². The van der Waals surface area contributed by atoms with Gasteiger partial charge in [0.05, 0.1) is 0 Å². The van der Waals surface area contributed by atoms with Gasteiger partial charge < -0.3 is 9.63 Å². The van der Waals surface area contributed by atoms with Crippen LogP contribution >= 0.6 is 0 Å². The fourth-order valence-corrected chi connectivity index (χ4v) is 2.24. The number of aromatic nitrogens is 2. The molecule has 1 heterocycles. The first-order valence-corrected chi connectivity index (χ1v) is 5.99. The average molecular weight is 224 g/mol. The zero-order valence-corrected chi connectivity index (χ0v) is 10.2. The monoisotopic (exact) mass is 224 g/mol. The molecule has 1 fully saturated rings. The van der Waals surface area contributed by atoms with Crippen LogP contribution in [0.5, 0.6) is 0 Å². The molecule has 1 aliphatic carbocycles. The number of aliphatic hydroxyl groups is 1. The van der Waals surface area contributed by atoms with Crippen molar-refractivity contribution in [1.29, 1.82) is 0 Å². The third-order valence-corrected chi connectivity index (χ3v) is 3.52. The van der Waals surface area contributed by atoms with Crippen LogP contribution < -0.4 is 0 Å². The normalized spacial score (nSPS) is 23.2. The van der Waals surface area contributed by atoms with E-state index in [0.29, 0.717) is 17.2 Å². The number of hydrogen-bond donors (Lipinski definition) is 1. The summed E-state index contributed by atoms with van der Waals surface area (Å²) in [5.74, 6) is 1.51. The van der Waals surface area contributed by atoms with Crippen LogP contribution in [-0.2, 0) is 0 Å². The van der Waals surface area contributed by atoms with Crippen LogP contribution in [0.1, 0.15) is 70.2 Å². The Morgan fingerprint density at radius 2 is 2.00 bits per heavy atom. The summed E-state index contributed by atoms with van der Waals surface area (Å²) >= 11 is 0. The molecule has 0 saturated heterocycles. The molecule has 0 aliphatic heterocycles. The van der Waals surface area contributed by atoms with Crippen LogP contribution in [0.3, 0.4) is 0 Å². The summed E-state index contributed by atoms with van der Waals surface area (Å²) in [5.41, 5.74) is 0.452. The maximum absolute atomic E-state index is 9.32. The van der Waals surface area contributed by atoms with Crippen LogP contribution in [0.2, 0.25) is 0 Å². The predicted molar refractivity (Wildman–Crippen MR) is 59.9 cm³/mol. The molecule has 1 atom stereocenters. The molecule has 0 spiro atoms. The second kappa shape index (κ2) is 4.17. The Hall–Kier alpha value is -0.900. The second-order valence-electron chi connectivity index (χ2n) is 5.61. The highest BCUT2D eigenvalue weighted by Gasteiger charge is 2.30. The second-order valence-corrected chi connectivity index (χ2v) is 5.61. The summed E-state index contributed by atoms with van der Waals surface area (Å²) in [4.78, 5) is 4.25. The quantitative estimate of drug-likeness (QED) is 0.839. The lowest BCUT2D eigenvalue weighted by Gasteiger charge is -2.32. The van der Waals surface area contributed by atoms with E-state index in [4.69, 9.17) is 4.52 Å². The van der Waals surface area contributed by atoms with Gasteiger partial charge in [-0.15, -0.1) is 0 Å². The Labute approximate surface area is 96.1 Å². The predicted octanol–water partition coefficient (Wildman–Crippen LogP) is 2.81. The summed E-state index contributed by atoms with van der Waals surface area (Å²) in [6.07, 6.45) is 3.98. The first-order valence-electron chi connectivity index (χ1n) is 5.99. The number of rotatable bonds is 2. The number of hydrogen-bond acceptors (Lipinski definition) is 4. The Balaban J connectivity index is 2.03. The summed E-state index contributed by atoms with van der Waals surface area (Å²) in [5, 5.41) is 13.3. The molecular formula is C12H20N2O2. The molecule has 4 heteroatoms. The van der Waals surface area contributed by atoms with Crippen molar-refractivity contribution in [2.75, 3.05) is 0 Å². The van der Waals surface area contributed by atoms with Gasteiger partial charge in [0.2, 0.25) is 0 Å². The Bertz CT molecular complexity index is 348. The fraction of sp³-hybridized carbons (Fsp3) is 0.833. The van der Waals surface area contributed by atoms with Crippen molar-refractivity contribution in [2.45, 2.75) is 58.5 Å². The maximum atomic E-state index is 9.32. The highest BCUT2D eigenvalue weighted by atomic mass is 16.5. The van der Waals surface area contributed by atoms with Crippen molar-refractivity contribution in [1.82, 2.24) is 10.1 Å². The van der Waals surface area contributed by atoms with E-state index in [-0.39, 0.29) is 0 Å². The highest BCUT2D eigenvalue weighted by molar-refractivity contribution is 4.99. The van der Waals surface area contributed by atoms with Crippen LogP contribution in [0.25, 0.3) is 0 Å². The smallest absolute Gasteiger partial charge is 0.255 e. The van der Waals surface area contributed by atoms with Crippen molar-refractivity contribution in [3.63, 3.8) is 0 Å². The Morgan fingerprint density at radius 3 is 2.50 bits per heavy atom. The molecule has 1 aromatic rings. The first kappa shape index (κ1) is 11.6. The molecule has 1 N–H and O–H groups in total. The zero-order chi connectivity index (χ0) is 11.8. The average Bonchev–Trinajstić information content (AvgIpc) is 2.66. The minimum Gasteiger partial charge on any atom is -0.384 e. The van der Waals surface area contributed by atoms with Gasteiger partial charge in [-0.3, -0.25) is 0 Å². The Kier molecular flexibility index (Phi) is 3.02. The third-order valence-electron chi connectivity index (χ3n) is 3.52. The molecule has 0 radical (unpaired) electrons. The molecule has 90 valence electrons. The minimum absolute atomic E-state index is 0.333. The number of aliphatic hydroxyl groups excluding tert-OH is 1. The molecule has 1 aromatic heterocycles. The van der Waals surface area contributed by atoms with E-state index in [1.165, 1.54) is 12.8 Å². The van der Waals surface area contributed by atoms with E-state index in [1.807, 2.05) is 0 Å². The van der Waals surface area contributed by atoms with Crippen molar-refractivity contribution in [3.05, 3.63) is 11.7 Å². The van der Waals surface area contributed by atoms with E-state index in [1.54, 1.807) is 6.92 Å². The minimum atomic E-state index is -0.665. The summed E-state index contributed by atoms with van der Waals surface area (Å²) in [6, 6.07) is 0. The van der Waals surface area contributed by atoms with Gasteiger partial charge in [-0.2, -0.15) is 4.98 Å². The first-order chi connectivity index (χ1) is 7.48. The lowest BCUT2D eigenvalue weighted by atomic mass is 9.73. The Morgan fingerprint density at radius 1 is 1.38 bits per heavy atom. The van der Waals surface area contributed by atoms with Gasteiger partial charge in [-0.1, -0.05) is 19.0 Å². The van der Waals surface area contributed by atoms with Crippen LogP contribution in [0.15, 0.2) is 4.52 Å². The van der Waals surface area contributed by atoms with E-state index in [9.17, 15) is 5.11 Å². The van der Waals surface area contributed by atoms with E-state index in [0.717, 1.165) is 18.7 Å². The number of nitrogens with zero attached hydrogens (tertiary/aromatic N) is 2. The van der Waals surface area contributed by atoms with E-state index in [2.05, 4.69) is 24.0 Å².